The maximum Gasteiger partial charge on any atom is 0.262 e. The summed E-state index contributed by atoms with van der Waals surface area (Å²) < 4.78 is 13.1. The summed E-state index contributed by atoms with van der Waals surface area (Å²) in [6.45, 7) is 3.61. The molecule has 0 saturated heterocycles. The Morgan fingerprint density at radius 2 is 0.518 bits per heavy atom. The van der Waals surface area contributed by atoms with Crippen molar-refractivity contribution in [2.24, 2.45) is 0 Å². The van der Waals surface area contributed by atoms with Crippen LogP contribution in [0.3, 0.4) is 0 Å². The van der Waals surface area contributed by atoms with Crippen molar-refractivity contribution < 1.29 is 19.2 Å². The van der Waals surface area contributed by atoms with Gasteiger partial charge in [0.15, 0.2) is 0 Å². The van der Waals surface area contributed by atoms with Crippen LogP contribution in [0.25, 0.3) is 0 Å². The summed E-state index contributed by atoms with van der Waals surface area (Å²) in [4.78, 5) is 54.3. The van der Waals surface area contributed by atoms with Gasteiger partial charge in [-0.05, 0) is 304 Å². The third-order valence-electron chi connectivity index (χ3n) is 8.69. The fraction of sp³-hybridized carbons (Fsp3) is 0.176. The van der Waals surface area contributed by atoms with Crippen LogP contribution in [0.2, 0.25) is 0 Å². The predicted molar refractivity (Wildman–Crippen MR) is 277 cm³/mol. The average molecular weight is 1790 g/mol. The number of halogens is 16. The van der Waals surface area contributed by atoms with Crippen LogP contribution in [0.1, 0.15) is 63.7 Å². The van der Waals surface area contributed by atoms with Gasteiger partial charge in [-0.25, -0.2) is 0 Å². The number of carbonyl (C=O) groups is 4. The van der Waals surface area contributed by atoms with Gasteiger partial charge in [0.05, 0.1) is 22.3 Å². The van der Waals surface area contributed by atoms with Crippen LogP contribution in [0, 0.1) is 13.8 Å². The standard InChI is InChI=1S/C19H7Br7N2O4.C15H7Br9/c1-4-9(20)5-6(11(22)10(4)21)17(30)27(16(5)29)2-3-28-18(31)7-8(19(28)32)13(24)15(26)14(25)12(7)23;1-4-7(16)9(18)5(10(19)8(4)17)2-3-6-11(20)13(22)15(24)14(23)12(6)21/h2-3H2,1H3;2-3H2,1H3. The fourth-order valence-electron chi connectivity index (χ4n) is 5.67. The number of hydrogen-bond acceptors (Lipinski definition) is 4. The molecule has 0 saturated carbocycles. The van der Waals surface area contributed by atoms with Gasteiger partial charge in [0.25, 0.3) is 23.6 Å². The van der Waals surface area contributed by atoms with Gasteiger partial charge in [-0.15, -0.1) is 0 Å². The van der Waals surface area contributed by atoms with Crippen LogP contribution in [0.15, 0.2) is 71.6 Å². The second-order valence-electron chi connectivity index (χ2n) is 11.8. The molecule has 0 aliphatic carbocycles. The van der Waals surface area contributed by atoms with Crippen LogP contribution in [0.4, 0.5) is 0 Å². The second kappa shape index (κ2) is 19.9. The zero-order valence-electron chi connectivity index (χ0n) is 27.4. The Labute approximate surface area is 455 Å². The molecule has 2 aliphatic heterocycles. The zero-order chi connectivity index (χ0) is 42.1. The van der Waals surface area contributed by atoms with E-state index >= 15 is 0 Å². The highest BCUT2D eigenvalue weighted by molar-refractivity contribution is 9.16. The maximum atomic E-state index is 13.1. The minimum absolute atomic E-state index is 0.134. The smallest absolute Gasteiger partial charge is 0.262 e. The number of nitrogens with zero attached hydrogens (tertiary/aromatic N) is 2. The Bertz CT molecular complexity index is 2150. The molecule has 22 heteroatoms. The van der Waals surface area contributed by atoms with Gasteiger partial charge in [0, 0.05) is 84.7 Å². The van der Waals surface area contributed by atoms with Crippen molar-refractivity contribution in [2.75, 3.05) is 13.1 Å². The molecule has 56 heavy (non-hydrogen) atoms. The lowest BCUT2D eigenvalue weighted by molar-refractivity contribution is 0.0560. The molecule has 6 nitrogen and oxygen atoms in total. The lowest BCUT2D eigenvalue weighted by atomic mass is 10.0. The Kier molecular flexibility index (Phi) is 17.7. The van der Waals surface area contributed by atoms with Gasteiger partial charge in [0.2, 0.25) is 0 Å². The number of fused-ring (bicyclic) bond motifs is 2. The Morgan fingerprint density at radius 1 is 0.304 bits per heavy atom. The number of carbonyl (C=O) groups excluding carboxylic acids is 4. The summed E-state index contributed by atoms with van der Waals surface area (Å²) in [7, 11) is 0. The zero-order valence-corrected chi connectivity index (χ0v) is 52.8. The molecular formula is C34H14Br16N2O4. The Morgan fingerprint density at radius 3 is 0.857 bits per heavy atom. The van der Waals surface area contributed by atoms with Gasteiger partial charge < -0.3 is 0 Å². The van der Waals surface area contributed by atoms with E-state index < -0.39 is 23.6 Å². The number of rotatable bonds is 6. The molecule has 4 aromatic rings. The first kappa shape index (κ1) is 49.8. The third-order valence-corrected chi connectivity index (χ3v) is 27.8. The second-order valence-corrected chi connectivity index (χ2v) is 24.4. The largest absolute Gasteiger partial charge is 0.272 e. The first-order valence-electron chi connectivity index (χ1n) is 15.1. The van der Waals surface area contributed by atoms with E-state index in [2.05, 4.69) is 262 Å². The van der Waals surface area contributed by atoms with Crippen LogP contribution in [-0.4, -0.2) is 46.5 Å². The van der Waals surface area contributed by atoms with E-state index in [-0.39, 0.29) is 35.3 Å². The summed E-state index contributed by atoms with van der Waals surface area (Å²) in [5, 5.41) is 0. The van der Waals surface area contributed by atoms with E-state index in [0.717, 1.165) is 74.0 Å². The molecular weight excluding hydrogens is 1780 g/mol. The number of benzene rings is 4. The van der Waals surface area contributed by atoms with Crippen molar-refractivity contribution >= 4 is 279 Å². The molecule has 296 valence electrons. The van der Waals surface area contributed by atoms with Crippen molar-refractivity contribution in [3.05, 3.63) is 116 Å². The topological polar surface area (TPSA) is 74.8 Å². The molecule has 2 heterocycles. The fourth-order valence-corrected chi connectivity index (χ4v) is 16.3. The van der Waals surface area contributed by atoms with Crippen molar-refractivity contribution in [3.63, 3.8) is 0 Å². The average Bonchev–Trinajstić information content (AvgIpc) is 3.57. The molecule has 2 aliphatic rings. The van der Waals surface area contributed by atoms with E-state index in [1.165, 1.54) is 11.1 Å². The van der Waals surface area contributed by atoms with Gasteiger partial charge in [-0.3, -0.25) is 29.0 Å². The predicted octanol–water partition coefficient (Wildman–Crippen LogP) is 17.9. The lowest BCUT2D eigenvalue weighted by Crippen LogP contribution is -2.40. The lowest BCUT2D eigenvalue weighted by Gasteiger charge is -2.19. The van der Waals surface area contributed by atoms with E-state index in [1.54, 1.807) is 0 Å². The molecule has 0 unspecified atom stereocenters. The molecule has 0 N–H and O–H groups in total. The molecule has 0 fully saturated rings. The Balaban J connectivity index is 0.000000224. The highest BCUT2D eigenvalue weighted by Crippen LogP contribution is 2.48. The number of amides is 4. The van der Waals surface area contributed by atoms with Crippen LogP contribution in [-0.2, 0) is 12.8 Å². The Hall–Kier alpha value is 2.84. The molecule has 0 aromatic heterocycles. The van der Waals surface area contributed by atoms with Gasteiger partial charge >= 0.3 is 0 Å². The molecule has 4 aromatic carbocycles. The van der Waals surface area contributed by atoms with E-state index in [1.807, 2.05) is 6.92 Å². The normalized spacial score (nSPS) is 13.5. The van der Waals surface area contributed by atoms with Gasteiger partial charge in [-0.1, -0.05) is 0 Å². The molecule has 0 atom stereocenters. The van der Waals surface area contributed by atoms with Crippen molar-refractivity contribution in [1.29, 1.82) is 0 Å². The molecule has 0 spiro atoms. The molecule has 0 bridgehead atoms. The highest BCUT2D eigenvalue weighted by atomic mass is 79.9. The summed E-state index contributed by atoms with van der Waals surface area (Å²) in [6, 6.07) is 0. The van der Waals surface area contributed by atoms with Gasteiger partial charge in [0.1, 0.15) is 0 Å². The summed E-state index contributed by atoms with van der Waals surface area (Å²) in [5.74, 6) is -2.01. The van der Waals surface area contributed by atoms with Crippen molar-refractivity contribution in [1.82, 2.24) is 9.80 Å². The van der Waals surface area contributed by atoms with E-state index in [9.17, 15) is 19.2 Å². The minimum Gasteiger partial charge on any atom is -0.272 e. The molecule has 0 radical (unpaired) electrons. The van der Waals surface area contributed by atoms with E-state index in [4.69, 9.17) is 0 Å². The van der Waals surface area contributed by atoms with E-state index in [0.29, 0.717) is 31.3 Å². The number of hydrogen-bond donors (Lipinski definition) is 0. The summed E-state index contributed by atoms with van der Waals surface area (Å²) in [5.41, 5.74) is 5.26. The van der Waals surface area contributed by atoms with Crippen LogP contribution >= 0.6 is 255 Å². The van der Waals surface area contributed by atoms with Crippen molar-refractivity contribution in [3.8, 4) is 0 Å². The number of imide groups is 2. The van der Waals surface area contributed by atoms with Gasteiger partial charge in [-0.2, -0.15) is 0 Å². The van der Waals surface area contributed by atoms with Crippen LogP contribution < -0.4 is 0 Å². The monoisotopic (exact) mass is 1780 g/mol. The quantitative estimate of drug-likeness (QED) is 0.110. The first-order valence-corrected chi connectivity index (χ1v) is 27.8. The third kappa shape index (κ3) is 8.93. The summed E-state index contributed by atoms with van der Waals surface area (Å²) >= 11 is 56.7. The minimum atomic E-state index is -0.511. The molecule has 4 amide bonds. The maximum absolute atomic E-state index is 13.1. The summed E-state index contributed by atoms with van der Waals surface area (Å²) in [6.07, 6.45) is 1.74. The van der Waals surface area contributed by atoms with Crippen LogP contribution in [0.5, 0.6) is 0 Å². The highest BCUT2D eigenvalue weighted by Gasteiger charge is 2.44. The first-order chi connectivity index (χ1) is 26.0. The molecule has 6 rings (SSSR count). The SMILES string of the molecule is Cc1c(Br)c(Br)c(CCc2c(Br)c(Br)c(Br)c(Br)c2Br)c(Br)c1Br.Cc1c(Br)c(Br)c2c(c1Br)C(=O)N(CCN1C(=O)c3c(Br)c(Br)c(Br)c(Br)c3C1=O)C2=O. The van der Waals surface area contributed by atoms with Crippen molar-refractivity contribution in [2.45, 2.75) is 26.7 Å².